The maximum atomic E-state index is 11.4. The molecule has 0 bridgehead atoms. The van der Waals surface area contributed by atoms with Crippen molar-refractivity contribution in [2.24, 2.45) is 0 Å². The quantitative estimate of drug-likeness (QED) is 0.789. The van der Waals surface area contributed by atoms with Crippen LogP contribution >= 0.6 is 0 Å². The fourth-order valence-electron chi connectivity index (χ4n) is 1.23. The Balaban J connectivity index is 2.67. The first-order chi connectivity index (χ1) is 8.51. The zero-order chi connectivity index (χ0) is 13.5. The number of nitrogens with one attached hydrogen (secondary N) is 2. The second kappa shape index (κ2) is 6.39. The zero-order valence-electron chi connectivity index (χ0n) is 10.1. The molecule has 6 heteroatoms. The second-order valence-corrected chi connectivity index (χ2v) is 3.59. The molecule has 0 unspecified atom stereocenters. The number of ether oxygens (including phenoxy) is 1. The van der Waals surface area contributed by atoms with Crippen LogP contribution < -0.4 is 15.4 Å². The minimum absolute atomic E-state index is 0.180. The van der Waals surface area contributed by atoms with E-state index >= 15 is 0 Å². The van der Waals surface area contributed by atoms with Crippen molar-refractivity contribution in [1.29, 1.82) is 0 Å². The summed E-state index contributed by atoms with van der Waals surface area (Å²) in [6, 6.07) is 6.33. The number of rotatable bonds is 4. The van der Waals surface area contributed by atoms with E-state index in [9.17, 15) is 14.4 Å². The number of anilines is 1. The second-order valence-electron chi connectivity index (χ2n) is 3.59. The van der Waals surface area contributed by atoms with E-state index in [0.717, 1.165) is 0 Å². The van der Waals surface area contributed by atoms with E-state index in [4.69, 9.17) is 4.74 Å². The molecule has 0 heterocycles. The third kappa shape index (κ3) is 4.65. The largest absolute Gasteiger partial charge is 0.412 e. The van der Waals surface area contributed by atoms with Crippen molar-refractivity contribution in [1.82, 2.24) is 5.32 Å². The Morgan fingerprint density at radius 2 is 2.00 bits per heavy atom. The van der Waals surface area contributed by atoms with E-state index in [1.807, 2.05) is 0 Å². The van der Waals surface area contributed by atoms with Crippen LogP contribution in [0, 0.1) is 0 Å². The highest BCUT2D eigenvalue weighted by molar-refractivity contribution is 6.03. The fourth-order valence-corrected chi connectivity index (χ4v) is 1.23. The molecule has 0 aromatic heterocycles. The highest BCUT2D eigenvalue weighted by Crippen LogP contribution is 2.17. The van der Waals surface area contributed by atoms with Crippen LogP contribution in [-0.4, -0.2) is 24.8 Å². The molecule has 1 aromatic rings. The van der Waals surface area contributed by atoms with Crippen molar-refractivity contribution >= 4 is 23.5 Å². The molecule has 18 heavy (non-hydrogen) atoms. The summed E-state index contributed by atoms with van der Waals surface area (Å²) < 4.78 is 4.90. The topological polar surface area (TPSA) is 84.5 Å². The summed E-state index contributed by atoms with van der Waals surface area (Å²) in [5.41, 5.74) is 0.461. The smallest absolute Gasteiger partial charge is 0.410 e. The molecule has 1 aromatic carbocycles. The first-order valence-electron chi connectivity index (χ1n) is 5.30. The lowest BCUT2D eigenvalue weighted by Crippen LogP contribution is -2.22. The van der Waals surface area contributed by atoms with Crippen molar-refractivity contribution in [3.63, 3.8) is 0 Å². The highest BCUT2D eigenvalue weighted by atomic mass is 16.5. The normalized spacial score (nSPS) is 9.44. The van der Waals surface area contributed by atoms with Crippen molar-refractivity contribution in [3.8, 4) is 5.75 Å². The Labute approximate surface area is 104 Å². The van der Waals surface area contributed by atoms with Crippen LogP contribution in [0.1, 0.15) is 13.3 Å². The van der Waals surface area contributed by atoms with Gasteiger partial charge in [-0.05, 0) is 19.1 Å². The van der Waals surface area contributed by atoms with Gasteiger partial charge in [0.2, 0.25) is 5.91 Å². The van der Waals surface area contributed by atoms with E-state index in [0.29, 0.717) is 11.4 Å². The van der Waals surface area contributed by atoms with Crippen molar-refractivity contribution in [2.45, 2.75) is 13.3 Å². The first kappa shape index (κ1) is 13.7. The molecular weight excluding hydrogens is 236 g/mol. The number of hydrogen-bond donors (Lipinski definition) is 2. The predicted octanol–water partition coefficient (Wildman–Crippen LogP) is 1.32. The molecular formula is C12H14N2O4. The SMILES string of the molecule is CNC(=O)Oc1cccc(NC(=O)CC(C)=O)c1. The highest BCUT2D eigenvalue weighted by Gasteiger charge is 2.07. The molecule has 2 amide bonds. The molecule has 0 radical (unpaired) electrons. The fraction of sp³-hybridized carbons (Fsp3) is 0.250. The van der Waals surface area contributed by atoms with Gasteiger partial charge < -0.3 is 15.4 Å². The Morgan fingerprint density at radius 3 is 2.61 bits per heavy atom. The van der Waals surface area contributed by atoms with Crippen LogP contribution in [0.2, 0.25) is 0 Å². The first-order valence-corrected chi connectivity index (χ1v) is 5.30. The lowest BCUT2D eigenvalue weighted by atomic mass is 10.2. The van der Waals surface area contributed by atoms with E-state index in [1.165, 1.54) is 20.0 Å². The van der Waals surface area contributed by atoms with Crippen molar-refractivity contribution in [2.75, 3.05) is 12.4 Å². The summed E-state index contributed by atoms with van der Waals surface area (Å²) in [7, 11) is 1.45. The Kier molecular flexibility index (Phi) is 4.86. The number of Topliss-reactive ketones (excluding diaryl/α,β-unsaturated/α-hetero) is 1. The molecule has 6 nitrogen and oxygen atoms in total. The van der Waals surface area contributed by atoms with Crippen molar-refractivity contribution in [3.05, 3.63) is 24.3 Å². The maximum Gasteiger partial charge on any atom is 0.412 e. The van der Waals surface area contributed by atoms with Crippen LogP contribution in [0.5, 0.6) is 5.75 Å². The third-order valence-electron chi connectivity index (χ3n) is 1.94. The molecule has 0 spiro atoms. The van der Waals surface area contributed by atoms with Crippen LogP contribution in [0.15, 0.2) is 24.3 Å². The van der Waals surface area contributed by atoms with E-state index in [1.54, 1.807) is 18.2 Å². The van der Waals surface area contributed by atoms with Crippen LogP contribution in [-0.2, 0) is 9.59 Å². The van der Waals surface area contributed by atoms with E-state index in [2.05, 4.69) is 10.6 Å². The summed E-state index contributed by atoms with van der Waals surface area (Å²) in [6.45, 7) is 1.34. The zero-order valence-corrected chi connectivity index (χ0v) is 10.1. The number of carbonyl (C=O) groups is 3. The van der Waals surface area contributed by atoms with Crippen LogP contribution in [0.3, 0.4) is 0 Å². The minimum Gasteiger partial charge on any atom is -0.410 e. The van der Waals surface area contributed by atoms with Gasteiger partial charge in [-0.15, -0.1) is 0 Å². The predicted molar refractivity (Wildman–Crippen MR) is 65.5 cm³/mol. The van der Waals surface area contributed by atoms with Gasteiger partial charge >= 0.3 is 6.09 Å². The number of hydrogen-bond acceptors (Lipinski definition) is 4. The lowest BCUT2D eigenvalue weighted by Gasteiger charge is -2.07. The molecule has 0 aliphatic heterocycles. The third-order valence-corrected chi connectivity index (χ3v) is 1.94. The number of benzene rings is 1. The summed E-state index contributed by atoms with van der Waals surface area (Å²) in [6.07, 6.45) is -0.775. The van der Waals surface area contributed by atoms with Gasteiger partial charge in [0.15, 0.2) is 0 Å². The number of ketones is 1. The summed E-state index contributed by atoms with van der Waals surface area (Å²) in [5, 5.41) is 4.84. The van der Waals surface area contributed by atoms with Gasteiger partial charge in [0.25, 0.3) is 0 Å². The summed E-state index contributed by atoms with van der Waals surface area (Å²) >= 11 is 0. The van der Waals surface area contributed by atoms with Gasteiger partial charge in [-0.25, -0.2) is 4.79 Å². The molecule has 0 fully saturated rings. The standard InChI is InChI=1S/C12H14N2O4/c1-8(15)6-11(16)14-9-4-3-5-10(7-9)18-12(17)13-2/h3-5,7H,6H2,1-2H3,(H,13,17)(H,14,16). The van der Waals surface area contributed by atoms with Gasteiger partial charge in [-0.2, -0.15) is 0 Å². The van der Waals surface area contributed by atoms with Crippen molar-refractivity contribution < 1.29 is 19.1 Å². The van der Waals surface area contributed by atoms with Crippen LogP contribution in [0.25, 0.3) is 0 Å². The molecule has 0 atom stereocenters. The average Bonchev–Trinajstić information content (AvgIpc) is 2.28. The molecule has 0 saturated carbocycles. The van der Waals surface area contributed by atoms with E-state index < -0.39 is 12.0 Å². The van der Waals surface area contributed by atoms with Crippen LogP contribution in [0.4, 0.5) is 10.5 Å². The number of carbonyl (C=O) groups excluding carboxylic acids is 3. The summed E-state index contributed by atoms with van der Waals surface area (Å²) in [4.78, 5) is 33.1. The monoisotopic (exact) mass is 250 g/mol. The Morgan fingerprint density at radius 1 is 1.28 bits per heavy atom. The van der Waals surface area contributed by atoms with Gasteiger partial charge in [0.1, 0.15) is 11.5 Å². The maximum absolute atomic E-state index is 11.4. The van der Waals surface area contributed by atoms with E-state index in [-0.39, 0.29) is 12.2 Å². The molecule has 0 aliphatic rings. The molecule has 0 saturated heterocycles. The van der Waals surface area contributed by atoms with Gasteiger partial charge in [0.05, 0.1) is 6.42 Å². The molecule has 2 N–H and O–H groups in total. The molecule has 0 aliphatic carbocycles. The Bertz CT molecular complexity index is 471. The van der Waals surface area contributed by atoms with Gasteiger partial charge in [0, 0.05) is 18.8 Å². The Hall–Kier alpha value is -2.37. The molecule has 96 valence electrons. The summed E-state index contributed by atoms with van der Waals surface area (Å²) in [5.74, 6) is -0.320. The molecule has 1 rings (SSSR count). The van der Waals surface area contributed by atoms with Gasteiger partial charge in [-0.3, -0.25) is 9.59 Å². The average molecular weight is 250 g/mol. The minimum atomic E-state index is -0.595. The lowest BCUT2D eigenvalue weighted by molar-refractivity contribution is -0.124. The van der Waals surface area contributed by atoms with Gasteiger partial charge in [-0.1, -0.05) is 6.07 Å². The number of amides is 2.